The summed E-state index contributed by atoms with van der Waals surface area (Å²) in [5.74, 6) is -0.659. The highest BCUT2D eigenvalue weighted by Gasteiger charge is 2.11. The normalized spacial score (nSPS) is 12.3. The molecule has 0 heterocycles. The van der Waals surface area contributed by atoms with Crippen LogP contribution in [0.25, 0.3) is 0 Å². The zero-order valence-corrected chi connectivity index (χ0v) is 8.75. The van der Waals surface area contributed by atoms with Crippen LogP contribution in [0.2, 0.25) is 0 Å². The molecule has 1 aromatic carbocycles. The van der Waals surface area contributed by atoms with Crippen molar-refractivity contribution in [3.8, 4) is 0 Å². The first-order chi connectivity index (χ1) is 7.04. The van der Waals surface area contributed by atoms with Crippen molar-refractivity contribution in [2.24, 2.45) is 0 Å². The smallest absolute Gasteiger partial charge is 0.251 e. The molecule has 15 heavy (non-hydrogen) atoms. The number of hydrogen-bond donors (Lipinski definition) is 2. The molecule has 0 bridgehead atoms. The number of aliphatic hydroxyl groups is 1. The summed E-state index contributed by atoms with van der Waals surface area (Å²) in [5, 5.41) is 11.4. The number of halogens is 1. The van der Waals surface area contributed by atoms with E-state index in [1.54, 1.807) is 13.8 Å². The molecule has 0 aliphatic heterocycles. The van der Waals surface area contributed by atoms with Gasteiger partial charge >= 0.3 is 0 Å². The molecule has 3 nitrogen and oxygen atoms in total. The van der Waals surface area contributed by atoms with Crippen molar-refractivity contribution in [2.45, 2.75) is 19.9 Å². The van der Waals surface area contributed by atoms with E-state index in [0.717, 1.165) is 0 Å². The lowest BCUT2D eigenvalue weighted by molar-refractivity contribution is 0.0921. The molecule has 0 fully saturated rings. The SMILES string of the molecule is Cc1cc(F)ccc1C(=O)N[C@@H](C)CO. The van der Waals surface area contributed by atoms with Gasteiger partial charge in [-0.05, 0) is 37.6 Å². The highest BCUT2D eigenvalue weighted by Crippen LogP contribution is 2.09. The number of aliphatic hydroxyl groups excluding tert-OH is 1. The van der Waals surface area contributed by atoms with Gasteiger partial charge in [-0.15, -0.1) is 0 Å². The maximum Gasteiger partial charge on any atom is 0.251 e. The van der Waals surface area contributed by atoms with Crippen molar-refractivity contribution in [2.75, 3.05) is 6.61 Å². The molecule has 0 saturated heterocycles. The monoisotopic (exact) mass is 211 g/mol. The highest BCUT2D eigenvalue weighted by molar-refractivity contribution is 5.95. The quantitative estimate of drug-likeness (QED) is 0.790. The summed E-state index contributed by atoms with van der Waals surface area (Å²) < 4.78 is 12.8. The Hall–Kier alpha value is -1.42. The molecule has 0 unspecified atom stereocenters. The molecule has 1 amide bonds. The molecule has 0 radical (unpaired) electrons. The van der Waals surface area contributed by atoms with Gasteiger partial charge in [0.1, 0.15) is 5.82 Å². The zero-order valence-electron chi connectivity index (χ0n) is 8.75. The van der Waals surface area contributed by atoms with Crippen molar-refractivity contribution in [3.05, 3.63) is 35.1 Å². The number of aryl methyl sites for hydroxylation is 1. The average molecular weight is 211 g/mol. The fraction of sp³-hybridized carbons (Fsp3) is 0.364. The molecule has 82 valence electrons. The minimum absolute atomic E-state index is 0.119. The van der Waals surface area contributed by atoms with Crippen molar-refractivity contribution in [3.63, 3.8) is 0 Å². The molecule has 1 rings (SSSR count). The van der Waals surface area contributed by atoms with Gasteiger partial charge in [0.2, 0.25) is 0 Å². The number of carbonyl (C=O) groups excluding carboxylic acids is 1. The van der Waals surface area contributed by atoms with Crippen LogP contribution in [-0.4, -0.2) is 23.7 Å². The van der Waals surface area contributed by atoms with E-state index >= 15 is 0 Å². The molecule has 0 aliphatic carbocycles. The van der Waals surface area contributed by atoms with Crippen LogP contribution < -0.4 is 5.32 Å². The van der Waals surface area contributed by atoms with Gasteiger partial charge in [-0.25, -0.2) is 4.39 Å². The Morgan fingerprint density at radius 1 is 1.60 bits per heavy atom. The molecular formula is C11H14FNO2. The van der Waals surface area contributed by atoms with Gasteiger partial charge in [0.05, 0.1) is 6.61 Å². The van der Waals surface area contributed by atoms with Crippen LogP contribution in [0.15, 0.2) is 18.2 Å². The Morgan fingerprint density at radius 2 is 2.27 bits per heavy atom. The van der Waals surface area contributed by atoms with Crippen LogP contribution >= 0.6 is 0 Å². The summed E-state index contributed by atoms with van der Waals surface area (Å²) in [5.41, 5.74) is 1.01. The third-order valence-corrected chi connectivity index (χ3v) is 2.08. The largest absolute Gasteiger partial charge is 0.394 e. The van der Waals surface area contributed by atoms with Crippen LogP contribution in [0, 0.1) is 12.7 Å². The second-order valence-corrected chi connectivity index (χ2v) is 3.52. The second kappa shape index (κ2) is 4.89. The predicted molar refractivity (Wildman–Crippen MR) is 55.2 cm³/mol. The summed E-state index contributed by atoms with van der Waals surface area (Å²) >= 11 is 0. The summed E-state index contributed by atoms with van der Waals surface area (Å²) in [7, 11) is 0. The molecule has 2 N–H and O–H groups in total. The molecular weight excluding hydrogens is 197 g/mol. The van der Waals surface area contributed by atoms with Crippen molar-refractivity contribution in [1.82, 2.24) is 5.32 Å². The van der Waals surface area contributed by atoms with E-state index < -0.39 is 0 Å². The Kier molecular flexibility index (Phi) is 3.80. The Morgan fingerprint density at radius 3 is 2.80 bits per heavy atom. The topological polar surface area (TPSA) is 49.3 Å². The molecule has 0 saturated carbocycles. The van der Waals surface area contributed by atoms with Gasteiger partial charge in [-0.1, -0.05) is 0 Å². The van der Waals surface area contributed by atoms with Crippen LogP contribution in [0.5, 0.6) is 0 Å². The first kappa shape index (κ1) is 11.7. The van der Waals surface area contributed by atoms with Crippen molar-refractivity contribution >= 4 is 5.91 Å². The summed E-state index contributed by atoms with van der Waals surface area (Å²) in [6.07, 6.45) is 0. The minimum Gasteiger partial charge on any atom is -0.394 e. The predicted octanol–water partition coefficient (Wildman–Crippen LogP) is 1.24. The molecule has 1 atom stereocenters. The number of benzene rings is 1. The summed E-state index contributed by atoms with van der Waals surface area (Å²) in [4.78, 5) is 11.6. The van der Waals surface area contributed by atoms with Crippen LogP contribution in [0.4, 0.5) is 4.39 Å². The van der Waals surface area contributed by atoms with E-state index in [2.05, 4.69) is 5.32 Å². The fourth-order valence-electron chi connectivity index (χ4n) is 1.23. The molecule has 1 aromatic rings. The molecule has 0 aliphatic rings. The fourth-order valence-corrected chi connectivity index (χ4v) is 1.23. The number of amides is 1. The van der Waals surface area contributed by atoms with Gasteiger partial charge in [-0.2, -0.15) is 0 Å². The number of hydrogen-bond acceptors (Lipinski definition) is 2. The third-order valence-electron chi connectivity index (χ3n) is 2.08. The molecule has 0 spiro atoms. The van der Waals surface area contributed by atoms with Crippen molar-refractivity contribution in [1.29, 1.82) is 0 Å². The average Bonchev–Trinajstić information content (AvgIpc) is 2.17. The Bertz CT molecular complexity index is 366. The van der Waals surface area contributed by atoms with Gasteiger partial charge < -0.3 is 10.4 Å². The van der Waals surface area contributed by atoms with Crippen molar-refractivity contribution < 1.29 is 14.3 Å². The number of rotatable bonds is 3. The summed E-state index contributed by atoms with van der Waals surface area (Å²) in [6, 6.07) is 3.68. The van der Waals surface area contributed by atoms with E-state index in [-0.39, 0.29) is 24.4 Å². The lowest BCUT2D eigenvalue weighted by atomic mass is 10.1. The van der Waals surface area contributed by atoms with Gasteiger partial charge in [0.25, 0.3) is 5.91 Å². The van der Waals surface area contributed by atoms with Gasteiger partial charge in [0, 0.05) is 11.6 Å². The maximum absolute atomic E-state index is 12.8. The Labute approximate surface area is 87.9 Å². The number of carbonyl (C=O) groups is 1. The van der Waals surface area contributed by atoms with E-state index in [9.17, 15) is 9.18 Å². The molecule has 4 heteroatoms. The molecule has 0 aromatic heterocycles. The first-order valence-electron chi connectivity index (χ1n) is 4.72. The second-order valence-electron chi connectivity index (χ2n) is 3.52. The van der Waals surface area contributed by atoms with Gasteiger partial charge in [0.15, 0.2) is 0 Å². The zero-order chi connectivity index (χ0) is 11.4. The van der Waals surface area contributed by atoms with Crippen LogP contribution in [-0.2, 0) is 0 Å². The minimum atomic E-state index is -0.362. The Balaban J connectivity index is 2.82. The lowest BCUT2D eigenvalue weighted by Crippen LogP contribution is -2.35. The lowest BCUT2D eigenvalue weighted by Gasteiger charge is -2.12. The van der Waals surface area contributed by atoms with E-state index in [1.807, 2.05) is 0 Å². The highest BCUT2D eigenvalue weighted by atomic mass is 19.1. The standard InChI is InChI=1S/C11H14FNO2/c1-7-5-9(12)3-4-10(7)11(15)13-8(2)6-14/h3-5,8,14H,6H2,1-2H3,(H,13,15)/t8-/m0/s1. The van der Waals surface area contributed by atoms with E-state index in [4.69, 9.17) is 5.11 Å². The maximum atomic E-state index is 12.8. The van der Waals surface area contributed by atoms with Gasteiger partial charge in [-0.3, -0.25) is 4.79 Å². The number of nitrogens with one attached hydrogen (secondary N) is 1. The van der Waals surface area contributed by atoms with Crippen LogP contribution in [0.1, 0.15) is 22.8 Å². The third kappa shape index (κ3) is 3.02. The van der Waals surface area contributed by atoms with E-state index in [1.165, 1.54) is 18.2 Å². The summed E-state index contributed by atoms with van der Waals surface area (Å²) in [6.45, 7) is 3.24. The van der Waals surface area contributed by atoms with E-state index in [0.29, 0.717) is 11.1 Å². The van der Waals surface area contributed by atoms with Crippen LogP contribution in [0.3, 0.4) is 0 Å². The first-order valence-corrected chi connectivity index (χ1v) is 4.72.